The summed E-state index contributed by atoms with van der Waals surface area (Å²) in [4.78, 5) is 22.2. The molecule has 2 aromatic rings. The minimum Gasteiger partial charge on any atom is -0.508 e. The monoisotopic (exact) mass is 425 g/mol. The topological polar surface area (TPSA) is 119 Å². The van der Waals surface area contributed by atoms with Crippen LogP contribution in [0.2, 0.25) is 0 Å². The maximum atomic E-state index is 11.8. The summed E-state index contributed by atoms with van der Waals surface area (Å²) in [5.74, 6) is 0.949. The predicted molar refractivity (Wildman–Crippen MR) is 115 cm³/mol. The Kier molecular flexibility index (Phi) is 5.34. The van der Waals surface area contributed by atoms with Gasteiger partial charge in [0.2, 0.25) is 5.11 Å². The molecule has 2 aromatic carbocycles. The van der Waals surface area contributed by atoms with Crippen molar-refractivity contribution < 1.29 is 19.7 Å². The number of carbonyl (C=O) groups is 1. The first-order valence-corrected chi connectivity index (χ1v) is 9.54. The van der Waals surface area contributed by atoms with Crippen LogP contribution in [0.15, 0.2) is 52.4 Å². The molecule has 2 aliphatic heterocycles. The highest BCUT2D eigenvalue weighted by Gasteiger charge is 2.34. The van der Waals surface area contributed by atoms with Crippen LogP contribution in [0.1, 0.15) is 23.6 Å². The number of amidine groups is 1. The molecule has 0 bridgehead atoms. The number of hydrazine groups is 1. The SMILES string of the molecule is COc1cc(C2CC(c3ccc(O)cc3)=NC(=S)N2C2=NC(=O)NNC2)ccc1O. The highest BCUT2D eigenvalue weighted by atomic mass is 32.1. The van der Waals surface area contributed by atoms with Gasteiger partial charge in [-0.2, -0.15) is 4.99 Å². The van der Waals surface area contributed by atoms with Gasteiger partial charge < -0.3 is 14.9 Å². The first-order valence-electron chi connectivity index (χ1n) is 9.13. The molecule has 0 spiro atoms. The summed E-state index contributed by atoms with van der Waals surface area (Å²) in [5, 5.41) is 19.8. The van der Waals surface area contributed by atoms with Crippen molar-refractivity contribution in [2.24, 2.45) is 9.98 Å². The second-order valence-electron chi connectivity index (χ2n) is 6.72. The van der Waals surface area contributed by atoms with Gasteiger partial charge in [0.1, 0.15) is 11.6 Å². The Labute approximate surface area is 177 Å². The van der Waals surface area contributed by atoms with E-state index >= 15 is 0 Å². The molecule has 0 aromatic heterocycles. The fourth-order valence-electron chi connectivity index (χ4n) is 3.44. The zero-order chi connectivity index (χ0) is 21.3. The van der Waals surface area contributed by atoms with Crippen molar-refractivity contribution in [1.82, 2.24) is 15.8 Å². The van der Waals surface area contributed by atoms with Crippen molar-refractivity contribution in [1.29, 1.82) is 0 Å². The number of methoxy groups -OCH3 is 1. The number of nitrogens with one attached hydrogen (secondary N) is 2. The number of hydrogen-bond donors (Lipinski definition) is 4. The van der Waals surface area contributed by atoms with E-state index in [0.717, 1.165) is 16.8 Å². The highest BCUT2D eigenvalue weighted by molar-refractivity contribution is 7.80. The lowest BCUT2D eigenvalue weighted by Gasteiger charge is -2.38. The molecule has 2 heterocycles. The molecule has 1 atom stereocenters. The zero-order valence-corrected chi connectivity index (χ0v) is 16.8. The quantitative estimate of drug-likeness (QED) is 0.557. The molecular weight excluding hydrogens is 406 g/mol. The Morgan fingerprint density at radius 3 is 2.63 bits per heavy atom. The second-order valence-corrected chi connectivity index (χ2v) is 7.09. The van der Waals surface area contributed by atoms with Gasteiger partial charge in [-0.3, -0.25) is 10.3 Å². The molecule has 2 aliphatic rings. The Balaban J connectivity index is 1.79. The molecule has 2 amide bonds. The summed E-state index contributed by atoms with van der Waals surface area (Å²) in [5.41, 5.74) is 7.59. The van der Waals surface area contributed by atoms with E-state index in [2.05, 4.69) is 20.8 Å². The molecule has 30 heavy (non-hydrogen) atoms. The average Bonchev–Trinajstić information content (AvgIpc) is 2.74. The van der Waals surface area contributed by atoms with Gasteiger partial charge in [0, 0.05) is 6.42 Å². The van der Waals surface area contributed by atoms with E-state index in [0.29, 0.717) is 18.0 Å². The van der Waals surface area contributed by atoms with E-state index in [1.165, 1.54) is 7.11 Å². The second kappa shape index (κ2) is 8.09. The van der Waals surface area contributed by atoms with Crippen molar-refractivity contribution in [2.45, 2.75) is 12.5 Å². The lowest BCUT2D eigenvalue weighted by molar-refractivity contribution is 0.243. The molecule has 0 saturated heterocycles. The maximum absolute atomic E-state index is 11.8. The Morgan fingerprint density at radius 1 is 1.17 bits per heavy atom. The predicted octanol–water partition coefficient (Wildman–Crippen LogP) is 2.25. The number of aromatic hydroxyl groups is 2. The molecule has 4 N–H and O–H groups in total. The van der Waals surface area contributed by atoms with Gasteiger partial charge in [-0.05, 0) is 59.7 Å². The molecule has 9 nitrogen and oxygen atoms in total. The number of phenolic OH excluding ortho intramolecular Hbond substituents is 2. The normalized spacial score (nSPS) is 19.1. The minimum atomic E-state index is -0.519. The number of thiocarbonyl (C=S) groups is 1. The van der Waals surface area contributed by atoms with Crippen molar-refractivity contribution in [3.63, 3.8) is 0 Å². The lowest BCUT2D eigenvalue weighted by atomic mass is 9.94. The van der Waals surface area contributed by atoms with E-state index in [4.69, 9.17) is 17.0 Å². The van der Waals surface area contributed by atoms with E-state index in [1.807, 2.05) is 0 Å². The Hall–Kier alpha value is -3.50. The number of ether oxygens (including phenoxy) is 1. The Bertz CT molecular complexity index is 1070. The summed E-state index contributed by atoms with van der Waals surface area (Å²) in [6, 6.07) is 10.9. The fraction of sp³-hybridized carbons (Fsp3) is 0.200. The van der Waals surface area contributed by atoms with Crippen molar-refractivity contribution >= 4 is 34.9 Å². The summed E-state index contributed by atoms with van der Waals surface area (Å²) in [7, 11) is 1.48. The van der Waals surface area contributed by atoms with E-state index in [9.17, 15) is 15.0 Å². The summed E-state index contributed by atoms with van der Waals surface area (Å²) < 4.78 is 5.26. The van der Waals surface area contributed by atoms with E-state index in [1.54, 1.807) is 47.4 Å². The van der Waals surface area contributed by atoms with Crippen LogP contribution in [-0.4, -0.2) is 51.5 Å². The molecule has 10 heteroatoms. The van der Waals surface area contributed by atoms with Crippen LogP contribution in [0, 0.1) is 0 Å². The van der Waals surface area contributed by atoms with Crippen LogP contribution in [0.5, 0.6) is 17.2 Å². The molecule has 0 radical (unpaired) electrons. The first kappa shape index (κ1) is 19.8. The third-order valence-corrected chi connectivity index (χ3v) is 5.16. The smallest absolute Gasteiger partial charge is 0.356 e. The van der Waals surface area contributed by atoms with Crippen LogP contribution in [-0.2, 0) is 0 Å². The number of aliphatic imine (C=N–C) groups is 2. The number of benzene rings is 2. The largest absolute Gasteiger partial charge is 0.508 e. The highest BCUT2D eigenvalue weighted by Crippen LogP contribution is 2.36. The van der Waals surface area contributed by atoms with Crippen LogP contribution < -0.4 is 15.6 Å². The number of carbonyl (C=O) groups excluding carboxylic acids is 1. The number of urea groups is 1. The van der Waals surface area contributed by atoms with Crippen LogP contribution in [0.4, 0.5) is 4.79 Å². The van der Waals surface area contributed by atoms with Crippen molar-refractivity contribution in [3.05, 3.63) is 53.6 Å². The summed E-state index contributed by atoms with van der Waals surface area (Å²) in [6.07, 6.45) is 0.458. The van der Waals surface area contributed by atoms with E-state index in [-0.39, 0.29) is 29.2 Å². The van der Waals surface area contributed by atoms with Gasteiger partial charge in [-0.15, -0.1) is 0 Å². The Morgan fingerprint density at radius 2 is 1.93 bits per heavy atom. The van der Waals surface area contributed by atoms with Crippen molar-refractivity contribution in [2.75, 3.05) is 13.7 Å². The summed E-state index contributed by atoms with van der Waals surface area (Å²) >= 11 is 5.58. The van der Waals surface area contributed by atoms with Crippen LogP contribution >= 0.6 is 12.2 Å². The number of amides is 2. The molecule has 0 fully saturated rings. The molecule has 154 valence electrons. The van der Waals surface area contributed by atoms with E-state index < -0.39 is 6.03 Å². The molecular formula is C20H19N5O4S. The molecule has 4 rings (SSSR count). The first-order chi connectivity index (χ1) is 14.5. The molecule has 1 unspecified atom stereocenters. The third kappa shape index (κ3) is 3.82. The zero-order valence-electron chi connectivity index (χ0n) is 16.0. The van der Waals surface area contributed by atoms with Gasteiger partial charge >= 0.3 is 6.03 Å². The van der Waals surface area contributed by atoms with Gasteiger partial charge in [0.05, 0.1) is 25.4 Å². The van der Waals surface area contributed by atoms with Gasteiger partial charge in [0.15, 0.2) is 11.5 Å². The average molecular weight is 425 g/mol. The van der Waals surface area contributed by atoms with Crippen molar-refractivity contribution in [3.8, 4) is 17.2 Å². The number of nitrogens with zero attached hydrogens (tertiary/aromatic N) is 3. The fourth-order valence-corrected chi connectivity index (χ4v) is 3.78. The minimum absolute atomic E-state index is 0.0228. The van der Waals surface area contributed by atoms with Crippen LogP contribution in [0.25, 0.3) is 0 Å². The molecule has 0 saturated carbocycles. The standard InChI is InChI=1S/C20H19N5O4S/c1-29-17-8-12(4-7-16(17)27)15-9-14(11-2-5-13(26)6-3-11)22-20(30)25(15)18-10-21-24-19(28)23-18/h2-8,15,21,26-27H,9-10H2,1H3,(H,24,28). The lowest BCUT2D eigenvalue weighted by Crippen LogP contribution is -2.53. The van der Waals surface area contributed by atoms with Gasteiger partial charge in [-0.1, -0.05) is 6.07 Å². The van der Waals surface area contributed by atoms with Gasteiger partial charge in [0.25, 0.3) is 0 Å². The third-order valence-electron chi connectivity index (χ3n) is 4.87. The summed E-state index contributed by atoms with van der Waals surface area (Å²) in [6.45, 7) is 0.279. The maximum Gasteiger partial charge on any atom is 0.356 e. The van der Waals surface area contributed by atoms with Crippen LogP contribution in [0.3, 0.4) is 0 Å². The van der Waals surface area contributed by atoms with Gasteiger partial charge in [-0.25, -0.2) is 15.2 Å². The number of hydrogen-bond acceptors (Lipinski definition) is 6. The molecule has 0 aliphatic carbocycles. The number of rotatable bonds is 3. The number of phenols is 2.